The first-order chi connectivity index (χ1) is 8.47. The van der Waals surface area contributed by atoms with E-state index in [1.165, 1.54) is 16.3 Å². The first kappa shape index (κ1) is 13.3. The molecule has 0 aliphatic heterocycles. The molecule has 0 atom stereocenters. The van der Waals surface area contributed by atoms with Crippen LogP contribution in [-0.2, 0) is 0 Å². The summed E-state index contributed by atoms with van der Waals surface area (Å²) in [5.41, 5.74) is 2.69. The van der Waals surface area contributed by atoms with Crippen LogP contribution in [0.25, 0.3) is 0 Å². The van der Waals surface area contributed by atoms with Gasteiger partial charge >= 0.3 is 0 Å². The van der Waals surface area contributed by atoms with E-state index in [2.05, 4.69) is 75.5 Å². The standard InChI is InChI=1S/C16H20Si2/c1-13-5-9-15(10-6-13)17-18(3,4)16-11-7-14(2)8-12-16/h5-12H,1-4H3. The molecule has 0 saturated carbocycles. The van der Waals surface area contributed by atoms with Crippen molar-refractivity contribution in [3.05, 3.63) is 59.7 Å². The molecule has 2 aromatic carbocycles. The fourth-order valence-electron chi connectivity index (χ4n) is 2.04. The third kappa shape index (κ3) is 3.21. The topological polar surface area (TPSA) is 0 Å². The summed E-state index contributed by atoms with van der Waals surface area (Å²) >= 11 is 0. The van der Waals surface area contributed by atoms with Gasteiger partial charge in [-0.1, -0.05) is 83.1 Å². The smallest absolute Gasteiger partial charge is 0.0675 e. The van der Waals surface area contributed by atoms with Gasteiger partial charge in [-0.25, -0.2) is 0 Å². The van der Waals surface area contributed by atoms with Gasteiger partial charge in [0.05, 0.1) is 16.6 Å². The number of hydrogen-bond acceptors (Lipinski definition) is 0. The molecular weight excluding hydrogens is 248 g/mol. The average molecular weight is 269 g/mol. The highest BCUT2D eigenvalue weighted by atomic mass is 29.2. The van der Waals surface area contributed by atoms with Crippen molar-refractivity contribution in [2.24, 2.45) is 0 Å². The highest BCUT2D eigenvalue weighted by molar-refractivity contribution is 7.33. The van der Waals surface area contributed by atoms with Gasteiger partial charge in [0.25, 0.3) is 0 Å². The molecule has 0 fully saturated rings. The van der Waals surface area contributed by atoms with Crippen molar-refractivity contribution >= 4 is 27.0 Å². The molecule has 2 heteroatoms. The molecule has 0 heterocycles. The van der Waals surface area contributed by atoms with E-state index in [0.717, 1.165) is 9.04 Å². The lowest BCUT2D eigenvalue weighted by molar-refractivity contribution is 1.48. The molecule has 2 aromatic rings. The van der Waals surface area contributed by atoms with Gasteiger partial charge in [0, 0.05) is 0 Å². The second-order valence-corrected chi connectivity index (χ2v) is 14.6. The highest BCUT2D eigenvalue weighted by Crippen LogP contribution is 2.04. The van der Waals surface area contributed by atoms with Gasteiger partial charge in [-0.05, 0) is 13.8 Å². The zero-order valence-corrected chi connectivity index (χ0v) is 13.6. The Bertz CT molecular complexity index is 510. The van der Waals surface area contributed by atoms with E-state index in [1.807, 2.05) is 0 Å². The molecule has 92 valence electrons. The van der Waals surface area contributed by atoms with Gasteiger partial charge in [-0.15, -0.1) is 0 Å². The maximum atomic E-state index is 2.47. The van der Waals surface area contributed by atoms with Crippen molar-refractivity contribution in [2.45, 2.75) is 26.9 Å². The van der Waals surface area contributed by atoms with Gasteiger partial charge in [-0.3, -0.25) is 0 Å². The van der Waals surface area contributed by atoms with Gasteiger partial charge < -0.3 is 0 Å². The van der Waals surface area contributed by atoms with Crippen LogP contribution in [0.4, 0.5) is 0 Å². The minimum absolute atomic E-state index is 0.941. The van der Waals surface area contributed by atoms with Crippen LogP contribution in [0, 0.1) is 13.8 Å². The number of aryl methyl sites for hydroxylation is 2. The Labute approximate surface area is 114 Å². The Morgan fingerprint density at radius 3 is 1.67 bits per heavy atom. The second kappa shape index (κ2) is 5.25. The molecule has 0 unspecified atom stereocenters. The van der Waals surface area contributed by atoms with E-state index >= 15 is 0 Å². The van der Waals surface area contributed by atoms with Crippen molar-refractivity contribution in [1.82, 2.24) is 0 Å². The van der Waals surface area contributed by atoms with E-state index in [-0.39, 0.29) is 0 Å². The molecule has 0 amide bonds. The Hall–Kier alpha value is -1.13. The predicted molar refractivity (Wildman–Crippen MR) is 84.9 cm³/mol. The third-order valence-electron chi connectivity index (χ3n) is 3.28. The molecule has 2 radical (unpaired) electrons. The second-order valence-electron chi connectivity index (χ2n) is 5.48. The Kier molecular flexibility index (Phi) is 3.88. The first-order valence-corrected chi connectivity index (χ1v) is 11.4. The monoisotopic (exact) mass is 268 g/mol. The van der Waals surface area contributed by atoms with Crippen LogP contribution >= 0.6 is 0 Å². The maximum Gasteiger partial charge on any atom is 0.0766 e. The molecule has 0 nitrogen and oxygen atoms in total. The Morgan fingerprint density at radius 2 is 1.17 bits per heavy atom. The zero-order chi connectivity index (χ0) is 13.2. The molecule has 0 aromatic heterocycles. The van der Waals surface area contributed by atoms with Crippen LogP contribution in [0.1, 0.15) is 11.1 Å². The number of hydrogen-bond donors (Lipinski definition) is 0. The molecular formula is C16H20Si2. The summed E-state index contributed by atoms with van der Waals surface area (Å²) in [5.74, 6) is 0. The minimum Gasteiger partial charge on any atom is -0.0675 e. The van der Waals surface area contributed by atoms with Gasteiger partial charge in [-0.2, -0.15) is 0 Å². The molecule has 0 spiro atoms. The fraction of sp³-hybridized carbons (Fsp3) is 0.250. The lowest BCUT2D eigenvalue weighted by Crippen LogP contribution is -2.52. The van der Waals surface area contributed by atoms with Crippen LogP contribution in [0.3, 0.4) is 0 Å². The van der Waals surface area contributed by atoms with Gasteiger partial charge in [0.2, 0.25) is 0 Å². The first-order valence-electron chi connectivity index (χ1n) is 6.39. The van der Waals surface area contributed by atoms with E-state index in [9.17, 15) is 0 Å². The van der Waals surface area contributed by atoms with Crippen LogP contribution in [0.15, 0.2) is 48.5 Å². The van der Waals surface area contributed by atoms with E-state index in [0.29, 0.717) is 0 Å². The molecule has 0 aliphatic rings. The van der Waals surface area contributed by atoms with Crippen LogP contribution in [-0.4, -0.2) is 16.6 Å². The van der Waals surface area contributed by atoms with Crippen molar-refractivity contribution in [1.29, 1.82) is 0 Å². The van der Waals surface area contributed by atoms with E-state index in [4.69, 9.17) is 0 Å². The summed E-state index contributed by atoms with van der Waals surface area (Å²) in [6.45, 7) is 9.24. The Balaban J connectivity index is 2.20. The maximum absolute atomic E-state index is 2.47. The molecule has 18 heavy (non-hydrogen) atoms. The lowest BCUT2D eigenvalue weighted by Gasteiger charge is -2.22. The van der Waals surface area contributed by atoms with Crippen LogP contribution in [0.5, 0.6) is 0 Å². The summed E-state index contributed by atoms with van der Waals surface area (Å²) in [6, 6.07) is 18.1. The van der Waals surface area contributed by atoms with Crippen molar-refractivity contribution in [2.75, 3.05) is 0 Å². The SMILES string of the molecule is Cc1ccc([Si][Si](C)(C)c2ccc(C)cc2)cc1. The lowest BCUT2D eigenvalue weighted by atomic mass is 10.2. The Morgan fingerprint density at radius 1 is 0.722 bits per heavy atom. The highest BCUT2D eigenvalue weighted by Gasteiger charge is 2.24. The third-order valence-corrected chi connectivity index (χ3v) is 9.91. The average Bonchev–Trinajstić information content (AvgIpc) is 2.32. The van der Waals surface area contributed by atoms with Gasteiger partial charge in [0.15, 0.2) is 0 Å². The van der Waals surface area contributed by atoms with E-state index < -0.39 is 7.59 Å². The molecule has 0 aliphatic carbocycles. The van der Waals surface area contributed by atoms with Crippen molar-refractivity contribution < 1.29 is 0 Å². The van der Waals surface area contributed by atoms with E-state index in [1.54, 1.807) is 5.19 Å². The molecule has 2 rings (SSSR count). The molecule has 0 saturated heterocycles. The molecule has 0 N–H and O–H groups in total. The normalized spacial score (nSPS) is 11.6. The fourth-order valence-corrected chi connectivity index (χ4v) is 7.84. The van der Waals surface area contributed by atoms with Crippen LogP contribution < -0.4 is 10.4 Å². The summed E-state index contributed by atoms with van der Waals surface area (Å²) in [4.78, 5) is 0. The molecule has 0 bridgehead atoms. The number of rotatable bonds is 3. The summed E-state index contributed by atoms with van der Waals surface area (Å²) < 4.78 is 0. The zero-order valence-electron chi connectivity index (χ0n) is 11.6. The number of benzene rings is 2. The van der Waals surface area contributed by atoms with Crippen molar-refractivity contribution in [3.63, 3.8) is 0 Å². The summed E-state index contributed by atoms with van der Waals surface area (Å²) in [6.07, 6.45) is 0. The van der Waals surface area contributed by atoms with Crippen LogP contribution in [0.2, 0.25) is 13.1 Å². The predicted octanol–water partition coefficient (Wildman–Crippen LogP) is 2.75. The summed E-state index contributed by atoms with van der Waals surface area (Å²) in [7, 11) is -0.392. The van der Waals surface area contributed by atoms with Crippen molar-refractivity contribution in [3.8, 4) is 0 Å². The summed E-state index contributed by atoms with van der Waals surface area (Å²) in [5, 5.41) is 3.06. The van der Waals surface area contributed by atoms with Gasteiger partial charge in [0.1, 0.15) is 0 Å². The largest absolute Gasteiger partial charge is 0.0766 e. The quantitative estimate of drug-likeness (QED) is 0.751. The minimum atomic E-state index is -1.33.